The molecule has 2 aromatic rings. The number of hydrogen-bond acceptors (Lipinski definition) is 6. The van der Waals surface area contributed by atoms with Gasteiger partial charge in [0, 0.05) is 28.8 Å². The average Bonchev–Trinajstić information content (AvgIpc) is 3.06. The van der Waals surface area contributed by atoms with Gasteiger partial charge in [-0.05, 0) is 12.1 Å². The van der Waals surface area contributed by atoms with E-state index in [0.717, 1.165) is 34.2 Å². The topological polar surface area (TPSA) is 76.2 Å². The molecule has 102 valence electrons. The first-order chi connectivity index (χ1) is 9.79. The minimum atomic E-state index is -0.0664. The Bertz CT molecular complexity index is 744. The molecule has 0 saturated heterocycles. The van der Waals surface area contributed by atoms with Crippen molar-refractivity contribution in [2.75, 3.05) is 12.1 Å². The number of aromatic amines is 1. The van der Waals surface area contributed by atoms with Crippen LogP contribution in [0.2, 0.25) is 0 Å². The van der Waals surface area contributed by atoms with Crippen molar-refractivity contribution in [3.05, 3.63) is 39.8 Å². The van der Waals surface area contributed by atoms with Crippen molar-refractivity contribution in [3.8, 4) is 11.5 Å². The van der Waals surface area contributed by atoms with Crippen molar-refractivity contribution < 1.29 is 9.47 Å². The second-order valence-electron chi connectivity index (χ2n) is 4.53. The Balaban J connectivity index is 1.66. The molecule has 0 amide bonds. The van der Waals surface area contributed by atoms with Crippen LogP contribution in [0.4, 0.5) is 11.6 Å². The van der Waals surface area contributed by atoms with Crippen LogP contribution in [0.15, 0.2) is 23.0 Å². The van der Waals surface area contributed by atoms with Gasteiger partial charge in [0.25, 0.3) is 5.56 Å². The molecule has 4 rings (SSSR count). The Labute approximate surface area is 118 Å². The maximum Gasteiger partial charge on any atom is 0.256 e. The number of nitrogens with one attached hydrogen (secondary N) is 2. The van der Waals surface area contributed by atoms with Gasteiger partial charge >= 0.3 is 0 Å². The van der Waals surface area contributed by atoms with E-state index in [4.69, 9.17) is 9.47 Å². The van der Waals surface area contributed by atoms with Crippen molar-refractivity contribution >= 4 is 23.4 Å². The Morgan fingerprint density at radius 3 is 3.10 bits per heavy atom. The van der Waals surface area contributed by atoms with E-state index in [0.29, 0.717) is 11.7 Å². The summed E-state index contributed by atoms with van der Waals surface area (Å²) in [5.74, 6) is 3.39. The van der Waals surface area contributed by atoms with Crippen molar-refractivity contribution in [3.63, 3.8) is 0 Å². The second kappa shape index (κ2) is 4.45. The fraction of sp³-hybridized carbons (Fsp3) is 0.231. The lowest BCUT2D eigenvalue weighted by atomic mass is 10.2. The van der Waals surface area contributed by atoms with Gasteiger partial charge in [-0.3, -0.25) is 9.78 Å². The largest absolute Gasteiger partial charge is 0.454 e. The third kappa shape index (κ3) is 1.90. The summed E-state index contributed by atoms with van der Waals surface area (Å²) in [4.78, 5) is 19.1. The summed E-state index contributed by atoms with van der Waals surface area (Å²) in [5, 5.41) is 3.09. The average molecular weight is 289 g/mol. The standard InChI is InChI=1S/C13H11N3O3S/c17-12-8-4-20-5-9(8)15-13(16-12)14-7-1-2-10-11(3-7)19-6-18-10/h1-3H,4-6H2,(H2,14,15,16,17). The Morgan fingerprint density at radius 2 is 2.15 bits per heavy atom. The van der Waals surface area contributed by atoms with E-state index in [1.165, 1.54) is 0 Å². The maximum absolute atomic E-state index is 11.9. The highest BCUT2D eigenvalue weighted by atomic mass is 32.2. The summed E-state index contributed by atoms with van der Waals surface area (Å²) in [6.45, 7) is 0.240. The number of nitrogens with zero attached hydrogens (tertiary/aromatic N) is 1. The van der Waals surface area contributed by atoms with Crippen molar-refractivity contribution in [2.24, 2.45) is 0 Å². The molecular weight excluding hydrogens is 278 g/mol. The fourth-order valence-corrected chi connectivity index (χ4v) is 3.27. The first-order valence-electron chi connectivity index (χ1n) is 6.16. The van der Waals surface area contributed by atoms with E-state index < -0.39 is 0 Å². The third-order valence-electron chi connectivity index (χ3n) is 3.22. The van der Waals surface area contributed by atoms with Gasteiger partial charge in [-0.25, -0.2) is 4.98 Å². The number of fused-ring (bicyclic) bond motifs is 2. The summed E-state index contributed by atoms with van der Waals surface area (Å²) in [5.41, 5.74) is 2.37. The number of benzene rings is 1. The normalized spacial score (nSPS) is 15.2. The molecule has 20 heavy (non-hydrogen) atoms. The number of H-pyrrole nitrogens is 1. The molecule has 1 aromatic heterocycles. The van der Waals surface area contributed by atoms with E-state index in [1.807, 2.05) is 18.2 Å². The quantitative estimate of drug-likeness (QED) is 0.880. The molecule has 0 fully saturated rings. The summed E-state index contributed by atoms with van der Waals surface area (Å²) >= 11 is 1.70. The molecule has 0 unspecified atom stereocenters. The number of anilines is 2. The minimum absolute atomic E-state index is 0.0664. The smallest absolute Gasteiger partial charge is 0.256 e. The number of ether oxygens (including phenoxy) is 2. The van der Waals surface area contributed by atoms with Crippen LogP contribution in [0, 0.1) is 0 Å². The first-order valence-corrected chi connectivity index (χ1v) is 7.31. The molecule has 2 aliphatic heterocycles. The zero-order valence-electron chi connectivity index (χ0n) is 10.4. The molecule has 6 nitrogen and oxygen atoms in total. The highest BCUT2D eigenvalue weighted by molar-refractivity contribution is 7.98. The van der Waals surface area contributed by atoms with E-state index in [1.54, 1.807) is 11.8 Å². The lowest BCUT2D eigenvalue weighted by molar-refractivity contribution is 0.174. The van der Waals surface area contributed by atoms with Gasteiger partial charge in [0.15, 0.2) is 11.5 Å². The predicted molar refractivity (Wildman–Crippen MR) is 75.7 cm³/mol. The monoisotopic (exact) mass is 289 g/mol. The number of thioether (sulfide) groups is 1. The minimum Gasteiger partial charge on any atom is -0.454 e. The zero-order valence-corrected chi connectivity index (χ0v) is 11.3. The van der Waals surface area contributed by atoms with Gasteiger partial charge in [-0.1, -0.05) is 0 Å². The molecule has 0 aliphatic carbocycles. The van der Waals surface area contributed by atoms with Gasteiger partial charge < -0.3 is 14.8 Å². The summed E-state index contributed by atoms with van der Waals surface area (Å²) in [6.07, 6.45) is 0. The summed E-state index contributed by atoms with van der Waals surface area (Å²) in [6, 6.07) is 5.51. The number of hydrogen-bond donors (Lipinski definition) is 2. The van der Waals surface area contributed by atoms with Crippen molar-refractivity contribution in [2.45, 2.75) is 11.5 Å². The lowest BCUT2D eigenvalue weighted by Gasteiger charge is -2.07. The summed E-state index contributed by atoms with van der Waals surface area (Å²) in [7, 11) is 0. The molecule has 7 heteroatoms. The summed E-state index contributed by atoms with van der Waals surface area (Å²) < 4.78 is 10.6. The van der Waals surface area contributed by atoms with E-state index >= 15 is 0 Å². The van der Waals surface area contributed by atoms with Gasteiger partial charge in [-0.2, -0.15) is 11.8 Å². The lowest BCUT2D eigenvalue weighted by Crippen LogP contribution is -2.16. The Hall–Kier alpha value is -2.15. The van der Waals surface area contributed by atoms with E-state index in [9.17, 15) is 4.79 Å². The van der Waals surface area contributed by atoms with Crippen LogP contribution >= 0.6 is 11.8 Å². The van der Waals surface area contributed by atoms with Crippen molar-refractivity contribution in [1.29, 1.82) is 0 Å². The van der Waals surface area contributed by atoms with Gasteiger partial charge in [0.2, 0.25) is 12.7 Å². The fourth-order valence-electron chi connectivity index (χ4n) is 2.23. The highest BCUT2D eigenvalue weighted by Crippen LogP contribution is 2.35. The maximum atomic E-state index is 11.9. The Kier molecular flexibility index (Phi) is 2.59. The molecule has 2 aliphatic rings. The number of rotatable bonds is 2. The van der Waals surface area contributed by atoms with Gasteiger partial charge in [0.05, 0.1) is 5.69 Å². The second-order valence-corrected chi connectivity index (χ2v) is 5.51. The van der Waals surface area contributed by atoms with Crippen LogP contribution in [0.3, 0.4) is 0 Å². The predicted octanol–water partition coefficient (Wildman–Crippen LogP) is 1.99. The molecule has 3 heterocycles. The van der Waals surface area contributed by atoms with Crippen molar-refractivity contribution in [1.82, 2.24) is 9.97 Å². The van der Waals surface area contributed by atoms with E-state index in [2.05, 4.69) is 15.3 Å². The highest BCUT2D eigenvalue weighted by Gasteiger charge is 2.18. The number of aromatic nitrogens is 2. The molecule has 0 spiro atoms. The molecular formula is C13H11N3O3S. The third-order valence-corrected chi connectivity index (χ3v) is 4.19. The van der Waals surface area contributed by atoms with Crippen LogP contribution in [0.1, 0.15) is 11.3 Å². The van der Waals surface area contributed by atoms with Crippen LogP contribution < -0.4 is 20.3 Å². The first kappa shape index (κ1) is 11.7. The molecule has 0 bridgehead atoms. The Morgan fingerprint density at radius 1 is 1.25 bits per heavy atom. The van der Waals surface area contributed by atoms with Crippen LogP contribution in [-0.2, 0) is 11.5 Å². The molecule has 2 N–H and O–H groups in total. The van der Waals surface area contributed by atoms with Gasteiger partial charge in [-0.15, -0.1) is 0 Å². The van der Waals surface area contributed by atoms with E-state index in [-0.39, 0.29) is 12.4 Å². The van der Waals surface area contributed by atoms with Crippen LogP contribution in [0.5, 0.6) is 11.5 Å². The SMILES string of the molecule is O=c1[nH]c(Nc2ccc3c(c2)OCO3)nc2c1CSC2. The molecule has 0 radical (unpaired) electrons. The molecule has 0 saturated carbocycles. The van der Waals surface area contributed by atoms with Crippen LogP contribution in [-0.4, -0.2) is 16.8 Å². The van der Waals surface area contributed by atoms with Gasteiger partial charge in [0.1, 0.15) is 0 Å². The molecule has 1 aromatic carbocycles. The van der Waals surface area contributed by atoms with Crippen LogP contribution in [0.25, 0.3) is 0 Å². The molecule has 0 atom stereocenters. The zero-order chi connectivity index (χ0) is 13.5.